The second kappa shape index (κ2) is 36.1. The molecule has 3 saturated carbocycles. The number of aryl methyl sites for hydroxylation is 1. The highest BCUT2D eigenvalue weighted by Crippen LogP contribution is 2.38. The van der Waals surface area contributed by atoms with Crippen molar-refractivity contribution in [3.63, 3.8) is 0 Å². The van der Waals surface area contributed by atoms with Crippen molar-refractivity contribution >= 4 is 70.9 Å². The van der Waals surface area contributed by atoms with Crippen LogP contribution in [0.1, 0.15) is 174 Å². The lowest BCUT2D eigenvalue weighted by Gasteiger charge is -2.43. The standard InChI is InChI=1S/C72H110F4N12O13/c1-12-46(4)61-68(98)82(7)43-59(91)80(5)44-60(92)84(9)55(40-47-22-15-13-16-23-47)66(96)81(6)42-57(89)77-52(30-28-48-27-29-50(51(73)39-48)72(74,75)76)65(95)88-33-21-26-53(88)64(94)79-71(31-19-20-32-71)70(100)86(11)62(49-24-17-14-18-25-49)69(99)85(10)56(67(97)87-34-36-101-37-35-87)41-58(90)83(8)54(38-45(2)3)63(93)78-61/h27,29,39,45-47,49,52-56,61-62H,12-26,28,30-38,40-44H2,1-11H3,(H,77,89)(H,78,93)(H,79,94)/t46-,52-,53-,54-,55-,56-,61-,62-/m0/s1. The molecule has 6 fully saturated rings. The number of carbonyl (C=O) groups is 12. The first-order valence-electron chi connectivity index (χ1n) is 36.4. The molecule has 3 aliphatic heterocycles. The average Bonchev–Trinajstić information content (AvgIpc) is 1.74. The van der Waals surface area contributed by atoms with Gasteiger partial charge in [-0.2, -0.15) is 13.2 Å². The minimum absolute atomic E-state index is 0.000899. The maximum absolute atomic E-state index is 15.8. The Bertz CT molecular complexity index is 3130. The summed E-state index contributed by atoms with van der Waals surface area (Å²) >= 11 is 0. The molecule has 6 aliphatic rings. The van der Waals surface area contributed by atoms with Crippen molar-refractivity contribution < 1.29 is 79.8 Å². The fourth-order valence-corrected chi connectivity index (χ4v) is 15.5. The first kappa shape index (κ1) is 80.8. The van der Waals surface area contributed by atoms with Crippen LogP contribution in [-0.4, -0.2) is 265 Å². The van der Waals surface area contributed by atoms with Crippen molar-refractivity contribution in [2.75, 3.05) is 102 Å². The molecule has 12 amide bonds. The summed E-state index contributed by atoms with van der Waals surface area (Å²) in [6, 6.07) is -6.67. The first-order chi connectivity index (χ1) is 47.7. The maximum atomic E-state index is 15.8. The third-order valence-electron chi connectivity index (χ3n) is 22.0. The fourth-order valence-electron chi connectivity index (χ4n) is 15.5. The molecule has 3 heterocycles. The van der Waals surface area contributed by atoms with Gasteiger partial charge >= 0.3 is 6.18 Å². The summed E-state index contributed by atoms with van der Waals surface area (Å²) < 4.78 is 61.8. The summed E-state index contributed by atoms with van der Waals surface area (Å²) in [5.74, 6) is -10.8. The van der Waals surface area contributed by atoms with E-state index >= 15 is 33.2 Å². The van der Waals surface area contributed by atoms with Gasteiger partial charge in [0.1, 0.15) is 53.6 Å². The molecule has 3 N–H and O–H groups in total. The fraction of sp³-hybridized carbons (Fsp3) is 0.750. The zero-order valence-corrected chi connectivity index (χ0v) is 61.1. The van der Waals surface area contributed by atoms with Crippen molar-refractivity contribution in [2.24, 2.45) is 23.7 Å². The summed E-state index contributed by atoms with van der Waals surface area (Å²) in [5.41, 5.74) is -3.05. The maximum Gasteiger partial charge on any atom is 0.419 e. The van der Waals surface area contributed by atoms with Gasteiger partial charge in [0.2, 0.25) is 70.9 Å². The quantitative estimate of drug-likeness (QED) is 0.253. The van der Waals surface area contributed by atoms with Crippen LogP contribution in [0.15, 0.2) is 18.2 Å². The summed E-state index contributed by atoms with van der Waals surface area (Å²) in [6.07, 6.45) is 3.83. The van der Waals surface area contributed by atoms with Crippen molar-refractivity contribution in [3.05, 3.63) is 35.1 Å². The van der Waals surface area contributed by atoms with E-state index in [9.17, 15) is 41.9 Å². The molecule has 0 bridgehead atoms. The Morgan fingerprint density at radius 3 is 1.84 bits per heavy atom. The van der Waals surface area contributed by atoms with Gasteiger partial charge < -0.3 is 64.8 Å². The molecule has 3 aliphatic carbocycles. The molecule has 7 rings (SSSR count). The molecule has 1 spiro atoms. The average molecular weight is 1430 g/mol. The second-order valence-corrected chi connectivity index (χ2v) is 29.7. The molecule has 0 radical (unpaired) electrons. The van der Waals surface area contributed by atoms with Crippen LogP contribution >= 0.6 is 0 Å². The predicted octanol–water partition coefficient (Wildman–Crippen LogP) is 4.76. The molecule has 29 heteroatoms. The van der Waals surface area contributed by atoms with Gasteiger partial charge in [0.15, 0.2) is 0 Å². The lowest BCUT2D eigenvalue weighted by Crippen LogP contribution is -2.65. The number of halogens is 4. The molecule has 1 aromatic rings. The highest BCUT2D eigenvalue weighted by molar-refractivity contribution is 6.01. The lowest BCUT2D eigenvalue weighted by atomic mass is 9.81. The highest BCUT2D eigenvalue weighted by atomic mass is 19.4. The van der Waals surface area contributed by atoms with Crippen LogP contribution in [0.4, 0.5) is 17.6 Å². The smallest absolute Gasteiger partial charge is 0.378 e. The Kier molecular flexibility index (Phi) is 28.9. The van der Waals surface area contributed by atoms with Crippen LogP contribution in [0, 0.1) is 29.5 Å². The third kappa shape index (κ3) is 20.5. The second-order valence-electron chi connectivity index (χ2n) is 29.7. The minimum Gasteiger partial charge on any atom is -0.378 e. The van der Waals surface area contributed by atoms with Crippen molar-refractivity contribution in [3.8, 4) is 0 Å². The first-order valence-corrected chi connectivity index (χ1v) is 36.4. The van der Waals surface area contributed by atoms with E-state index in [1.165, 1.54) is 78.7 Å². The Morgan fingerprint density at radius 2 is 1.24 bits per heavy atom. The van der Waals surface area contributed by atoms with Crippen LogP contribution in [0.3, 0.4) is 0 Å². The molecular formula is C72H110F4N12O13. The molecule has 0 aromatic heterocycles. The summed E-state index contributed by atoms with van der Waals surface area (Å²) in [4.78, 5) is 190. The molecule has 564 valence electrons. The number of rotatable bonds is 11. The van der Waals surface area contributed by atoms with Crippen molar-refractivity contribution in [1.29, 1.82) is 0 Å². The van der Waals surface area contributed by atoms with Gasteiger partial charge in [-0.05, 0) is 106 Å². The van der Waals surface area contributed by atoms with E-state index in [1.807, 2.05) is 20.8 Å². The van der Waals surface area contributed by atoms with E-state index in [4.69, 9.17) is 4.74 Å². The monoisotopic (exact) mass is 1430 g/mol. The van der Waals surface area contributed by atoms with Gasteiger partial charge in [-0.1, -0.05) is 104 Å². The number of nitrogens with zero attached hydrogens (tertiary/aromatic N) is 9. The largest absolute Gasteiger partial charge is 0.419 e. The Hall–Kier alpha value is -7.46. The van der Waals surface area contributed by atoms with Gasteiger partial charge in [-0.3, -0.25) is 57.5 Å². The summed E-state index contributed by atoms with van der Waals surface area (Å²) in [6.45, 7) is 6.19. The number of fused-ring (bicyclic) bond motifs is 1. The number of benzene rings is 1. The zero-order chi connectivity index (χ0) is 74.4. The van der Waals surface area contributed by atoms with Crippen LogP contribution in [0.2, 0.25) is 0 Å². The number of amides is 12. The Labute approximate surface area is 592 Å². The lowest BCUT2D eigenvalue weighted by molar-refractivity contribution is -0.158. The van der Waals surface area contributed by atoms with Gasteiger partial charge in [-0.25, -0.2) is 4.39 Å². The van der Waals surface area contributed by atoms with Gasteiger partial charge in [0.25, 0.3) is 0 Å². The third-order valence-corrected chi connectivity index (χ3v) is 22.0. The SMILES string of the molecule is CC[C@H](C)[C@@H]1NC(=O)[C@H](CC(C)C)N(C)C(=O)C[C@@H](C(=O)N2CCOCC2)N(C)C(=O)[C@H](C2CCCCC2)N(C)C(=O)C2(CCCC2)NC(=O)[C@@H]2CCCN2C(=O)[C@H](CCc2ccc(C(F)(F)F)c(F)c2)NC(=O)CN(C)C(=O)[C@H](CC2CCCCC2)N(C)C(=O)CN(C)C(=O)CN(C)C1=O. The van der Waals surface area contributed by atoms with Crippen LogP contribution in [0.5, 0.6) is 0 Å². The highest BCUT2D eigenvalue weighted by Gasteiger charge is 2.52. The van der Waals surface area contributed by atoms with E-state index in [2.05, 4.69) is 16.0 Å². The molecule has 25 nitrogen and oxygen atoms in total. The van der Waals surface area contributed by atoms with Crippen LogP contribution < -0.4 is 16.0 Å². The zero-order valence-electron chi connectivity index (χ0n) is 61.1. The number of alkyl halides is 3. The topological polar surface area (TPSA) is 279 Å². The minimum atomic E-state index is -5.00. The predicted molar refractivity (Wildman–Crippen MR) is 365 cm³/mol. The number of hydrogen-bond acceptors (Lipinski definition) is 13. The molecule has 8 atom stereocenters. The summed E-state index contributed by atoms with van der Waals surface area (Å²) in [5, 5.41) is 8.65. The molecule has 1 aromatic carbocycles. The Morgan fingerprint density at radius 1 is 0.634 bits per heavy atom. The number of nitrogens with one attached hydrogen (secondary N) is 3. The van der Waals surface area contributed by atoms with Gasteiger partial charge in [0, 0.05) is 69.0 Å². The number of likely N-dealkylation sites (N-methyl/N-ethyl adjacent to an activating group) is 7. The van der Waals surface area contributed by atoms with Crippen molar-refractivity contribution in [1.82, 2.24) is 60.0 Å². The Balaban J connectivity index is 1.29. The number of carbonyl (C=O) groups excluding carboxylic acids is 12. The van der Waals surface area contributed by atoms with E-state index in [0.717, 1.165) is 72.1 Å². The summed E-state index contributed by atoms with van der Waals surface area (Å²) in [7, 11) is 9.85. The molecular weight excluding hydrogens is 1320 g/mol. The van der Waals surface area contributed by atoms with Crippen molar-refractivity contribution in [2.45, 2.75) is 223 Å². The van der Waals surface area contributed by atoms with Gasteiger partial charge in [0.05, 0.1) is 44.8 Å². The van der Waals surface area contributed by atoms with Gasteiger partial charge in [-0.15, -0.1) is 0 Å². The molecule has 0 unspecified atom stereocenters. The molecule has 3 saturated heterocycles. The van der Waals surface area contributed by atoms with E-state index in [0.29, 0.717) is 50.7 Å². The normalized spacial score (nSPS) is 26.8. The number of morpholine rings is 1. The number of ether oxygens (including phenoxy) is 1. The molecule has 101 heavy (non-hydrogen) atoms. The van der Waals surface area contributed by atoms with E-state index in [1.54, 1.807) is 6.92 Å². The van der Waals surface area contributed by atoms with E-state index in [-0.39, 0.29) is 95.2 Å². The van der Waals surface area contributed by atoms with E-state index < -0.39 is 174 Å². The van der Waals surface area contributed by atoms with Crippen LogP contribution in [0.25, 0.3) is 0 Å². The number of hydrogen-bond donors (Lipinski definition) is 3. The van der Waals surface area contributed by atoms with Crippen LogP contribution in [-0.2, 0) is 74.9 Å².